The average molecular weight is 384 g/mol. The van der Waals surface area contributed by atoms with Crippen LogP contribution < -0.4 is 10.2 Å². The third kappa shape index (κ3) is 4.55. The average Bonchev–Trinajstić information content (AvgIpc) is 2.63. The second-order valence-corrected chi connectivity index (χ2v) is 9.14. The van der Waals surface area contributed by atoms with Gasteiger partial charge in [-0.3, -0.25) is 10.0 Å². The van der Waals surface area contributed by atoms with Crippen LogP contribution in [0.5, 0.6) is 5.75 Å². The number of hydrogen-bond acceptors (Lipinski definition) is 6. The molecule has 1 saturated heterocycles. The van der Waals surface area contributed by atoms with Crippen molar-refractivity contribution >= 4 is 15.7 Å². The van der Waals surface area contributed by atoms with E-state index in [1.54, 1.807) is 29.7 Å². The number of benzene rings is 1. The van der Waals surface area contributed by atoms with E-state index in [9.17, 15) is 13.2 Å². The lowest BCUT2D eigenvalue weighted by molar-refractivity contribution is -0.133. The monoisotopic (exact) mass is 384 g/mol. The highest BCUT2D eigenvalue weighted by Crippen LogP contribution is 2.33. The zero-order valence-corrected chi connectivity index (χ0v) is 16.2. The van der Waals surface area contributed by atoms with E-state index in [0.29, 0.717) is 31.0 Å². The minimum absolute atomic E-state index is 0.163. The second kappa shape index (κ2) is 8.83. The number of carbonyl (C=O) groups is 1. The molecule has 1 amide bonds. The highest BCUT2D eigenvalue weighted by molar-refractivity contribution is 7.92. The molecule has 0 aliphatic carbocycles. The van der Waals surface area contributed by atoms with Gasteiger partial charge in [-0.15, -0.1) is 0 Å². The number of nitrogens with one attached hydrogen (secondary N) is 1. The van der Waals surface area contributed by atoms with Crippen LogP contribution in [0, 0.1) is 0 Å². The van der Waals surface area contributed by atoms with Crippen LogP contribution in [-0.4, -0.2) is 55.9 Å². The number of sulfone groups is 1. The summed E-state index contributed by atoms with van der Waals surface area (Å²) in [6, 6.07) is 6.90. The SMILES string of the molecule is CCCCOc1ccc(CS(=O)(=O)C2(C(=O)NO)CCN(C)CC2)cc1. The summed E-state index contributed by atoms with van der Waals surface area (Å²) in [6.45, 7) is 3.67. The van der Waals surface area contributed by atoms with Crippen LogP contribution >= 0.6 is 0 Å². The lowest BCUT2D eigenvalue weighted by atomic mass is 9.95. The molecule has 0 saturated carbocycles. The lowest BCUT2D eigenvalue weighted by Crippen LogP contribution is -2.57. The summed E-state index contributed by atoms with van der Waals surface area (Å²) in [7, 11) is -1.93. The molecule has 1 aromatic rings. The Morgan fingerprint density at radius 3 is 2.42 bits per heavy atom. The van der Waals surface area contributed by atoms with Crippen molar-refractivity contribution in [3.05, 3.63) is 29.8 Å². The van der Waals surface area contributed by atoms with Gasteiger partial charge in [0.1, 0.15) is 5.75 Å². The van der Waals surface area contributed by atoms with E-state index >= 15 is 0 Å². The molecular formula is C18H28N2O5S. The quantitative estimate of drug-likeness (QED) is 0.403. The van der Waals surface area contributed by atoms with Crippen molar-refractivity contribution in [2.75, 3.05) is 26.7 Å². The van der Waals surface area contributed by atoms with Gasteiger partial charge in [-0.1, -0.05) is 25.5 Å². The van der Waals surface area contributed by atoms with Gasteiger partial charge in [-0.2, -0.15) is 0 Å². The first-order valence-corrected chi connectivity index (χ1v) is 10.6. The van der Waals surface area contributed by atoms with Crippen molar-refractivity contribution in [2.45, 2.75) is 43.1 Å². The van der Waals surface area contributed by atoms with E-state index in [2.05, 4.69) is 6.92 Å². The van der Waals surface area contributed by atoms with Crippen LogP contribution in [0.4, 0.5) is 0 Å². The molecule has 0 atom stereocenters. The standard InChI is InChI=1S/C18H28N2O5S/c1-3-4-13-25-16-7-5-15(6-8-16)14-26(23,24)18(17(21)19-22)9-11-20(2)12-10-18/h5-8,22H,3-4,9-14H2,1-2H3,(H,19,21). The maximum atomic E-state index is 13.1. The molecule has 0 radical (unpaired) electrons. The summed E-state index contributed by atoms with van der Waals surface area (Å²) in [5.74, 6) is -0.397. The van der Waals surface area contributed by atoms with E-state index in [1.807, 2.05) is 11.9 Å². The Morgan fingerprint density at radius 1 is 1.27 bits per heavy atom. The highest BCUT2D eigenvalue weighted by atomic mass is 32.2. The van der Waals surface area contributed by atoms with Crippen LogP contribution in [0.25, 0.3) is 0 Å². The Labute approximate surface area is 155 Å². The summed E-state index contributed by atoms with van der Waals surface area (Å²) in [6.07, 6.45) is 2.33. The van der Waals surface area contributed by atoms with Gasteiger partial charge in [0.2, 0.25) is 0 Å². The van der Waals surface area contributed by atoms with E-state index in [0.717, 1.165) is 12.8 Å². The third-order valence-corrected chi connectivity index (χ3v) is 7.45. The summed E-state index contributed by atoms with van der Waals surface area (Å²) in [4.78, 5) is 14.2. The largest absolute Gasteiger partial charge is 0.494 e. The normalized spacial score (nSPS) is 17.7. The van der Waals surface area contributed by atoms with Gasteiger partial charge in [0.15, 0.2) is 14.6 Å². The van der Waals surface area contributed by atoms with Gasteiger partial charge in [0, 0.05) is 0 Å². The fourth-order valence-electron chi connectivity index (χ4n) is 3.13. The van der Waals surface area contributed by atoms with Crippen molar-refractivity contribution < 1.29 is 23.2 Å². The summed E-state index contributed by atoms with van der Waals surface area (Å²) < 4.78 is 30.1. The molecule has 0 aromatic heterocycles. The third-order valence-electron chi connectivity index (χ3n) is 4.95. The Balaban J connectivity index is 2.16. The highest BCUT2D eigenvalue weighted by Gasteiger charge is 2.51. The number of piperidine rings is 1. The lowest BCUT2D eigenvalue weighted by Gasteiger charge is -2.38. The van der Waals surface area contributed by atoms with E-state index in [4.69, 9.17) is 9.94 Å². The summed E-state index contributed by atoms with van der Waals surface area (Å²) in [5.41, 5.74) is 2.16. The fraction of sp³-hybridized carbons (Fsp3) is 0.611. The van der Waals surface area contributed by atoms with Crippen molar-refractivity contribution in [2.24, 2.45) is 0 Å². The molecule has 1 heterocycles. The van der Waals surface area contributed by atoms with Crippen molar-refractivity contribution in [1.82, 2.24) is 10.4 Å². The van der Waals surface area contributed by atoms with E-state index in [-0.39, 0.29) is 18.6 Å². The molecule has 8 heteroatoms. The number of unbranched alkanes of at least 4 members (excludes halogenated alkanes) is 1. The topological polar surface area (TPSA) is 95.9 Å². The first-order valence-electron chi connectivity index (χ1n) is 8.92. The molecule has 1 aliphatic heterocycles. The summed E-state index contributed by atoms with van der Waals surface area (Å²) >= 11 is 0. The van der Waals surface area contributed by atoms with Crippen LogP contribution in [-0.2, 0) is 20.4 Å². The van der Waals surface area contributed by atoms with E-state index in [1.165, 1.54) is 0 Å². The molecule has 1 aliphatic rings. The molecule has 26 heavy (non-hydrogen) atoms. The molecule has 7 nitrogen and oxygen atoms in total. The zero-order chi connectivity index (χ0) is 19.2. The first kappa shape index (κ1) is 20.7. The van der Waals surface area contributed by atoms with Crippen molar-refractivity contribution in [3.63, 3.8) is 0 Å². The molecule has 1 fully saturated rings. The minimum atomic E-state index is -3.81. The van der Waals surface area contributed by atoms with Crippen molar-refractivity contribution in [3.8, 4) is 5.75 Å². The fourth-order valence-corrected chi connectivity index (χ4v) is 5.18. The maximum Gasteiger partial charge on any atom is 0.264 e. The Kier molecular flexibility index (Phi) is 7.02. The van der Waals surface area contributed by atoms with Gasteiger partial charge in [-0.05, 0) is 57.1 Å². The number of hydrogen-bond donors (Lipinski definition) is 2. The number of amides is 1. The maximum absolute atomic E-state index is 13.1. The summed E-state index contributed by atoms with van der Waals surface area (Å²) in [5, 5.41) is 9.09. The number of likely N-dealkylation sites (tertiary alicyclic amines) is 1. The number of carbonyl (C=O) groups excluding carboxylic acids is 1. The van der Waals surface area contributed by atoms with Crippen LogP contribution in [0.1, 0.15) is 38.2 Å². The van der Waals surface area contributed by atoms with Gasteiger partial charge in [0.05, 0.1) is 12.4 Å². The zero-order valence-electron chi connectivity index (χ0n) is 15.4. The van der Waals surface area contributed by atoms with Crippen LogP contribution in [0.15, 0.2) is 24.3 Å². The van der Waals surface area contributed by atoms with Crippen LogP contribution in [0.3, 0.4) is 0 Å². The van der Waals surface area contributed by atoms with E-state index < -0.39 is 20.5 Å². The molecule has 2 rings (SSSR count). The molecule has 0 spiro atoms. The first-order chi connectivity index (χ1) is 12.3. The molecule has 0 bridgehead atoms. The molecule has 2 N–H and O–H groups in total. The molecule has 1 aromatic carbocycles. The number of nitrogens with zero attached hydrogens (tertiary/aromatic N) is 1. The van der Waals surface area contributed by atoms with Crippen molar-refractivity contribution in [1.29, 1.82) is 0 Å². The second-order valence-electron chi connectivity index (χ2n) is 6.84. The molecule has 146 valence electrons. The number of ether oxygens (including phenoxy) is 1. The Morgan fingerprint density at radius 2 is 1.88 bits per heavy atom. The molecular weight excluding hydrogens is 356 g/mol. The number of hydroxylamine groups is 1. The number of rotatable bonds is 8. The Bertz CT molecular complexity index is 695. The van der Waals surface area contributed by atoms with Gasteiger partial charge in [-0.25, -0.2) is 13.9 Å². The Hall–Kier alpha value is -1.64. The minimum Gasteiger partial charge on any atom is -0.494 e. The van der Waals surface area contributed by atoms with Gasteiger partial charge >= 0.3 is 0 Å². The predicted molar refractivity (Wildman–Crippen MR) is 98.9 cm³/mol. The van der Waals surface area contributed by atoms with Crippen LogP contribution in [0.2, 0.25) is 0 Å². The predicted octanol–water partition coefficient (Wildman–Crippen LogP) is 1.75. The van der Waals surface area contributed by atoms with Gasteiger partial charge in [0.25, 0.3) is 5.91 Å². The smallest absolute Gasteiger partial charge is 0.264 e. The molecule has 0 unspecified atom stereocenters. The van der Waals surface area contributed by atoms with Gasteiger partial charge < -0.3 is 9.64 Å².